The van der Waals surface area contributed by atoms with Crippen LogP contribution in [0.5, 0.6) is 0 Å². The second-order valence-electron chi connectivity index (χ2n) is 7.47. The number of rotatable bonds is 8. The van der Waals surface area contributed by atoms with E-state index in [1.807, 2.05) is 27.7 Å². The molecule has 2 amide bonds. The largest absolute Gasteiger partial charge is 0.380 e. The zero-order valence-corrected chi connectivity index (χ0v) is 15.3. The average molecular weight is 331 g/mol. The van der Waals surface area contributed by atoms with Crippen molar-refractivity contribution in [1.29, 1.82) is 0 Å². The Morgan fingerprint density at radius 3 is 2.65 bits per heavy atom. The van der Waals surface area contributed by atoms with Gasteiger partial charge in [0.25, 0.3) is 0 Å². The van der Waals surface area contributed by atoms with Gasteiger partial charge in [0.05, 0.1) is 6.61 Å². The fourth-order valence-electron chi connectivity index (χ4n) is 2.80. The van der Waals surface area contributed by atoms with E-state index in [0.29, 0.717) is 26.1 Å². The standard InChI is InChI=1S/C17H34FN3O2/c1-6-8-23-12-15-9-14(11-21(15)10-13(18)7-2)19-16(22)20-17(3,4)5/h13-15H,6-12H2,1-5H3,(H2,19,20,22)/t13-,14+,15-/m0/s1. The number of likely N-dealkylation sites (tertiary alicyclic amines) is 1. The molecule has 1 saturated heterocycles. The topological polar surface area (TPSA) is 53.6 Å². The van der Waals surface area contributed by atoms with Crippen LogP contribution >= 0.6 is 0 Å². The Hall–Kier alpha value is -0.880. The van der Waals surface area contributed by atoms with Crippen molar-refractivity contribution < 1.29 is 13.9 Å². The lowest BCUT2D eigenvalue weighted by molar-refractivity contribution is 0.0668. The molecule has 0 aliphatic carbocycles. The molecule has 1 aliphatic heterocycles. The summed E-state index contributed by atoms with van der Waals surface area (Å²) >= 11 is 0. The summed E-state index contributed by atoms with van der Waals surface area (Å²) in [6.45, 7) is 12.2. The van der Waals surface area contributed by atoms with Crippen molar-refractivity contribution in [2.24, 2.45) is 0 Å². The SMILES string of the molecule is CCCOC[C@@H]1C[C@@H](NC(=O)NC(C)(C)C)CN1C[C@@H](F)CC. The fourth-order valence-corrected chi connectivity index (χ4v) is 2.80. The summed E-state index contributed by atoms with van der Waals surface area (Å²) in [5.41, 5.74) is -0.266. The van der Waals surface area contributed by atoms with Crippen molar-refractivity contribution in [1.82, 2.24) is 15.5 Å². The number of urea groups is 1. The van der Waals surface area contributed by atoms with Crippen LogP contribution in [0.4, 0.5) is 9.18 Å². The summed E-state index contributed by atoms with van der Waals surface area (Å²) in [5, 5.41) is 5.91. The van der Waals surface area contributed by atoms with E-state index in [1.165, 1.54) is 0 Å². The normalized spacial score (nSPS) is 23.7. The zero-order chi connectivity index (χ0) is 17.5. The number of halogens is 1. The number of alkyl halides is 1. The van der Waals surface area contributed by atoms with Crippen LogP contribution in [-0.4, -0.2) is 61.0 Å². The Morgan fingerprint density at radius 2 is 2.09 bits per heavy atom. The smallest absolute Gasteiger partial charge is 0.315 e. The molecule has 1 rings (SSSR count). The lowest BCUT2D eigenvalue weighted by Gasteiger charge is -2.25. The molecule has 0 radical (unpaired) electrons. The van der Waals surface area contributed by atoms with Gasteiger partial charge in [-0.1, -0.05) is 13.8 Å². The minimum Gasteiger partial charge on any atom is -0.380 e. The second kappa shape index (κ2) is 9.42. The van der Waals surface area contributed by atoms with Crippen molar-refractivity contribution in [3.8, 4) is 0 Å². The predicted molar refractivity (Wildman–Crippen MR) is 91.5 cm³/mol. The van der Waals surface area contributed by atoms with Crippen molar-refractivity contribution in [3.63, 3.8) is 0 Å². The molecule has 1 aliphatic rings. The van der Waals surface area contributed by atoms with E-state index in [4.69, 9.17) is 4.74 Å². The molecule has 0 aromatic rings. The minimum absolute atomic E-state index is 0.0385. The molecule has 0 aromatic heterocycles. The molecule has 3 atom stereocenters. The third kappa shape index (κ3) is 7.97. The quantitative estimate of drug-likeness (QED) is 0.673. The molecule has 0 aromatic carbocycles. The van der Waals surface area contributed by atoms with Crippen LogP contribution in [0.15, 0.2) is 0 Å². The lowest BCUT2D eigenvalue weighted by atomic mass is 10.1. The van der Waals surface area contributed by atoms with Crippen LogP contribution in [0.1, 0.15) is 53.9 Å². The van der Waals surface area contributed by atoms with Gasteiger partial charge >= 0.3 is 6.03 Å². The Kier molecular flexibility index (Phi) is 8.26. The van der Waals surface area contributed by atoms with Gasteiger partial charge < -0.3 is 15.4 Å². The van der Waals surface area contributed by atoms with Crippen LogP contribution in [-0.2, 0) is 4.74 Å². The highest BCUT2D eigenvalue weighted by Gasteiger charge is 2.34. The van der Waals surface area contributed by atoms with Crippen LogP contribution in [0.3, 0.4) is 0 Å². The summed E-state index contributed by atoms with van der Waals surface area (Å²) in [6, 6.07) is 0.0489. The minimum atomic E-state index is -0.828. The summed E-state index contributed by atoms with van der Waals surface area (Å²) in [6.07, 6.45) is 1.47. The molecule has 23 heavy (non-hydrogen) atoms. The van der Waals surface area contributed by atoms with Gasteiger partial charge in [-0.15, -0.1) is 0 Å². The molecule has 1 fully saturated rings. The Labute approximate surface area is 140 Å². The average Bonchev–Trinajstić information content (AvgIpc) is 2.78. The first-order chi connectivity index (χ1) is 10.7. The highest BCUT2D eigenvalue weighted by Crippen LogP contribution is 2.20. The van der Waals surface area contributed by atoms with E-state index < -0.39 is 6.17 Å². The van der Waals surface area contributed by atoms with E-state index in [0.717, 1.165) is 19.4 Å². The first-order valence-electron chi connectivity index (χ1n) is 8.79. The van der Waals surface area contributed by atoms with Crippen molar-refractivity contribution in [3.05, 3.63) is 0 Å². The molecule has 1 heterocycles. The number of nitrogens with zero attached hydrogens (tertiary/aromatic N) is 1. The molecule has 2 N–H and O–H groups in total. The first-order valence-corrected chi connectivity index (χ1v) is 8.79. The van der Waals surface area contributed by atoms with Gasteiger partial charge in [0.1, 0.15) is 6.17 Å². The van der Waals surface area contributed by atoms with Crippen LogP contribution in [0.2, 0.25) is 0 Å². The Morgan fingerprint density at radius 1 is 1.39 bits per heavy atom. The molecular formula is C17H34FN3O2. The van der Waals surface area contributed by atoms with E-state index >= 15 is 0 Å². The molecule has 0 spiro atoms. The van der Waals surface area contributed by atoms with Crippen LogP contribution in [0.25, 0.3) is 0 Å². The fraction of sp³-hybridized carbons (Fsp3) is 0.941. The first kappa shape index (κ1) is 20.2. The van der Waals surface area contributed by atoms with E-state index in [1.54, 1.807) is 0 Å². The number of ether oxygens (including phenoxy) is 1. The molecular weight excluding hydrogens is 297 g/mol. The number of carbonyl (C=O) groups is 1. The molecule has 0 bridgehead atoms. The van der Waals surface area contributed by atoms with Crippen LogP contribution < -0.4 is 10.6 Å². The second-order valence-corrected chi connectivity index (χ2v) is 7.47. The van der Waals surface area contributed by atoms with Gasteiger partial charge in [-0.3, -0.25) is 4.90 Å². The number of hydrogen-bond acceptors (Lipinski definition) is 3. The summed E-state index contributed by atoms with van der Waals surface area (Å²) in [4.78, 5) is 14.1. The maximum atomic E-state index is 13.8. The van der Waals surface area contributed by atoms with Crippen molar-refractivity contribution in [2.75, 3.05) is 26.3 Å². The van der Waals surface area contributed by atoms with Gasteiger partial charge in [0.15, 0.2) is 0 Å². The van der Waals surface area contributed by atoms with Crippen LogP contribution in [0, 0.1) is 0 Å². The molecule has 5 nitrogen and oxygen atoms in total. The van der Waals surface area contributed by atoms with Gasteiger partial charge in [-0.2, -0.15) is 0 Å². The third-order valence-corrected chi connectivity index (χ3v) is 3.89. The zero-order valence-electron chi connectivity index (χ0n) is 15.3. The number of hydrogen-bond donors (Lipinski definition) is 2. The molecule has 136 valence electrons. The molecule has 0 saturated carbocycles. The highest BCUT2D eigenvalue weighted by molar-refractivity contribution is 5.75. The number of nitrogens with one attached hydrogen (secondary N) is 2. The summed E-state index contributed by atoms with van der Waals surface area (Å²) in [7, 11) is 0. The van der Waals surface area contributed by atoms with E-state index in [-0.39, 0.29) is 23.7 Å². The lowest BCUT2D eigenvalue weighted by Crippen LogP contribution is -2.50. The maximum absolute atomic E-state index is 13.8. The van der Waals surface area contributed by atoms with Gasteiger partial charge in [0.2, 0.25) is 0 Å². The Bertz CT molecular complexity index is 360. The molecule has 0 unspecified atom stereocenters. The van der Waals surface area contributed by atoms with E-state index in [9.17, 15) is 9.18 Å². The third-order valence-electron chi connectivity index (χ3n) is 3.89. The number of carbonyl (C=O) groups excluding carboxylic acids is 1. The van der Waals surface area contributed by atoms with Gasteiger partial charge in [0, 0.05) is 37.3 Å². The number of amides is 2. The summed E-state index contributed by atoms with van der Waals surface area (Å²) in [5.74, 6) is 0. The summed E-state index contributed by atoms with van der Waals surface area (Å²) < 4.78 is 19.4. The van der Waals surface area contributed by atoms with Crippen molar-refractivity contribution in [2.45, 2.75) is 77.7 Å². The Balaban J connectivity index is 2.54. The van der Waals surface area contributed by atoms with E-state index in [2.05, 4.69) is 22.5 Å². The van der Waals surface area contributed by atoms with Gasteiger partial charge in [-0.05, 0) is 40.0 Å². The van der Waals surface area contributed by atoms with Crippen molar-refractivity contribution >= 4 is 6.03 Å². The maximum Gasteiger partial charge on any atom is 0.315 e. The highest BCUT2D eigenvalue weighted by atomic mass is 19.1. The van der Waals surface area contributed by atoms with Gasteiger partial charge in [-0.25, -0.2) is 9.18 Å². The predicted octanol–water partition coefficient (Wildman–Crippen LogP) is 2.70. The molecule has 6 heteroatoms. The monoisotopic (exact) mass is 331 g/mol.